The molecule has 0 aliphatic rings. The molecule has 0 N–H and O–H groups in total. The fourth-order valence-electron chi connectivity index (χ4n) is 8.16. The molecule has 0 aromatic heterocycles. The van der Waals surface area contributed by atoms with E-state index in [2.05, 4.69) is 20.8 Å². The third-order valence-electron chi connectivity index (χ3n) is 12.1. The maximum Gasteiger partial charge on any atom is 0.306 e. The summed E-state index contributed by atoms with van der Waals surface area (Å²) in [6, 6.07) is 0. The average molecular weight is 821 g/mol. The highest BCUT2D eigenvalue weighted by atomic mass is 16.6. The molecule has 0 bridgehead atoms. The van der Waals surface area contributed by atoms with Gasteiger partial charge < -0.3 is 14.2 Å². The van der Waals surface area contributed by atoms with Crippen LogP contribution in [-0.2, 0) is 23.8 Å². The number of unbranched alkanes of at least 4 members (excludes halogenated alkanes) is 39. The Balaban J connectivity index is 4.18. The Hall–Kier alpha value is -1.10. The van der Waals surface area contributed by atoms with Crippen LogP contribution in [0.3, 0.4) is 0 Å². The lowest BCUT2D eigenvalue weighted by Gasteiger charge is -2.18. The van der Waals surface area contributed by atoms with E-state index in [1.807, 2.05) is 0 Å². The summed E-state index contributed by atoms with van der Waals surface area (Å²) in [6.07, 6.45) is 55.3. The maximum absolute atomic E-state index is 12.8. The van der Waals surface area contributed by atoms with Crippen molar-refractivity contribution >= 4 is 11.9 Å². The summed E-state index contributed by atoms with van der Waals surface area (Å²) in [5, 5.41) is 0. The van der Waals surface area contributed by atoms with Crippen LogP contribution in [0.2, 0.25) is 0 Å². The van der Waals surface area contributed by atoms with Crippen LogP contribution in [0.5, 0.6) is 0 Å². The molecule has 0 radical (unpaired) electrons. The minimum atomic E-state index is -0.522. The van der Waals surface area contributed by atoms with Gasteiger partial charge in [-0.25, -0.2) is 0 Å². The zero-order valence-electron chi connectivity index (χ0n) is 39.9. The smallest absolute Gasteiger partial charge is 0.306 e. The van der Waals surface area contributed by atoms with Gasteiger partial charge in [0, 0.05) is 19.4 Å². The van der Waals surface area contributed by atoms with Crippen molar-refractivity contribution in [3.05, 3.63) is 0 Å². The van der Waals surface area contributed by atoms with Gasteiger partial charge >= 0.3 is 11.9 Å². The lowest BCUT2D eigenvalue weighted by atomic mass is 10.0. The summed E-state index contributed by atoms with van der Waals surface area (Å²) in [5.41, 5.74) is 0. The van der Waals surface area contributed by atoms with E-state index < -0.39 is 6.10 Å². The molecule has 0 heterocycles. The van der Waals surface area contributed by atoms with Gasteiger partial charge in [0.2, 0.25) is 0 Å². The highest BCUT2D eigenvalue weighted by Crippen LogP contribution is 2.17. The Morgan fingerprint density at radius 2 is 0.569 bits per heavy atom. The molecule has 1 atom stereocenters. The standard InChI is InChI=1S/C53H104O5/c1-4-7-10-13-16-19-22-25-27-29-31-34-37-40-43-46-52(54)57-50-51(49-56-48-45-42-39-36-33-30-26-23-20-17-14-11-8-5-2)58-53(55)47-44-41-38-35-32-28-24-21-18-15-12-9-6-3/h51H,4-50H2,1-3H3. The number of esters is 2. The van der Waals surface area contributed by atoms with Crippen molar-refractivity contribution in [2.45, 2.75) is 309 Å². The molecule has 58 heavy (non-hydrogen) atoms. The lowest BCUT2D eigenvalue weighted by molar-refractivity contribution is -0.163. The summed E-state index contributed by atoms with van der Waals surface area (Å²) in [6.45, 7) is 7.91. The lowest BCUT2D eigenvalue weighted by Crippen LogP contribution is -2.30. The van der Waals surface area contributed by atoms with Crippen molar-refractivity contribution in [1.29, 1.82) is 0 Å². The van der Waals surface area contributed by atoms with Gasteiger partial charge in [0.05, 0.1) is 6.61 Å². The molecule has 0 rings (SSSR count). The van der Waals surface area contributed by atoms with E-state index in [-0.39, 0.29) is 18.5 Å². The Kier molecular flexibility index (Phi) is 49.3. The first kappa shape index (κ1) is 56.9. The first-order valence-corrected chi connectivity index (χ1v) is 26.6. The number of carbonyl (C=O) groups is 2. The molecule has 0 aliphatic heterocycles. The molecule has 5 nitrogen and oxygen atoms in total. The van der Waals surface area contributed by atoms with Crippen LogP contribution in [0.15, 0.2) is 0 Å². The molecule has 0 saturated carbocycles. The molecule has 346 valence electrons. The van der Waals surface area contributed by atoms with E-state index >= 15 is 0 Å². The van der Waals surface area contributed by atoms with Gasteiger partial charge in [0.15, 0.2) is 6.10 Å². The van der Waals surface area contributed by atoms with E-state index in [0.29, 0.717) is 26.1 Å². The molecule has 0 spiro atoms. The fraction of sp³-hybridized carbons (Fsp3) is 0.962. The van der Waals surface area contributed by atoms with Crippen molar-refractivity contribution in [2.75, 3.05) is 19.8 Å². The van der Waals surface area contributed by atoms with Crippen LogP contribution in [0, 0.1) is 0 Å². The molecule has 5 heteroatoms. The molecule has 0 aliphatic carbocycles. The molecular weight excluding hydrogens is 717 g/mol. The number of ether oxygens (including phenoxy) is 3. The Labute approximate surface area is 363 Å². The van der Waals surface area contributed by atoms with Crippen LogP contribution < -0.4 is 0 Å². The summed E-state index contributed by atoms with van der Waals surface area (Å²) in [5.74, 6) is -0.370. The number of rotatable bonds is 50. The normalized spacial score (nSPS) is 12.0. The van der Waals surface area contributed by atoms with Crippen molar-refractivity contribution in [2.24, 2.45) is 0 Å². The Morgan fingerprint density at radius 1 is 0.310 bits per heavy atom. The summed E-state index contributed by atoms with van der Waals surface area (Å²) < 4.78 is 17.4. The summed E-state index contributed by atoms with van der Waals surface area (Å²) >= 11 is 0. The van der Waals surface area contributed by atoms with Crippen LogP contribution >= 0.6 is 0 Å². The third kappa shape index (κ3) is 47.6. The minimum absolute atomic E-state index is 0.0979. The largest absolute Gasteiger partial charge is 0.462 e. The van der Waals surface area contributed by atoms with E-state index in [1.54, 1.807) is 0 Å². The second kappa shape index (κ2) is 50.3. The topological polar surface area (TPSA) is 61.8 Å². The molecule has 0 fully saturated rings. The van der Waals surface area contributed by atoms with E-state index in [4.69, 9.17) is 14.2 Å². The van der Waals surface area contributed by atoms with Crippen molar-refractivity contribution < 1.29 is 23.8 Å². The van der Waals surface area contributed by atoms with Gasteiger partial charge in [-0.2, -0.15) is 0 Å². The van der Waals surface area contributed by atoms with Crippen LogP contribution in [0.4, 0.5) is 0 Å². The molecule has 0 saturated heterocycles. The van der Waals surface area contributed by atoms with E-state index in [1.165, 1.54) is 238 Å². The Morgan fingerprint density at radius 3 is 0.879 bits per heavy atom. The zero-order valence-corrected chi connectivity index (χ0v) is 39.9. The predicted molar refractivity (Wildman–Crippen MR) is 252 cm³/mol. The summed E-state index contributed by atoms with van der Waals surface area (Å²) in [7, 11) is 0. The van der Waals surface area contributed by atoms with E-state index in [9.17, 15) is 9.59 Å². The second-order valence-corrected chi connectivity index (χ2v) is 18.2. The quantitative estimate of drug-likeness (QED) is 0.0452. The van der Waals surface area contributed by atoms with Crippen molar-refractivity contribution in [3.63, 3.8) is 0 Å². The van der Waals surface area contributed by atoms with Gasteiger partial charge in [-0.3, -0.25) is 9.59 Å². The van der Waals surface area contributed by atoms with Crippen LogP contribution in [0.25, 0.3) is 0 Å². The number of hydrogen-bond acceptors (Lipinski definition) is 5. The Bertz CT molecular complexity index is 799. The van der Waals surface area contributed by atoms with Gasteiger partial charge in [0.25, 0.3) is 0 Å². The number of carbonyl (C=O) groups excluding carboxylic acids is 2. The van der Waals surface area contributed by atoms with Gasteiger partial charge in [-0.05, 0) is 19.3 Å². The predicted octanol–water partition coefficient (Wildman–Crippen LogP) is 17.7. The van der Waals surface area contributed by atoms with Crippen LogP contribution in [-0.4, -0.2) is 37.9 Å². The molecule has 0 aromatic carbocycles. The molecule has 1 unspecified atom stereocenters. The van der Waals surface area contributed by atoms with Crippen molar-refractivity contribution in [3.8, 4) is 0 Å². The SMILES string of the molecule is CCCCCCCCCCCCCCCCCC(=O)OCC(COCCCCCCCCCCCCCCCC)OC(=O)CCCCCCCCCCCCCCC. The monoisotopic (exact) mass is 821 g/mol. The van der Waals surface area contributed by atoms with Crippen LogP contribution in [0.1, 0.15) is 303 Å². The molecular formula is C53H104O5. The average Bonchev–Trinajstić information content (AvgIpc) is 3.22. The summed E-state index contributed by atoms with van der Waals surface area (Å²) in [4.78, 5) is 25.4. The van der Waals surface area contributed by atoms with Gasteiger partial charge in [0.1, 0.15) is 6.61 Å². The molecule has 0 aromatic rings. The van der Waals surface area contributed by atoms with E-state index in [0.717, 1.165) is 32.1 Å². The minimum Gasteiger partial charge on any atom is -0.462 e. The second-order valence-electron chi connectivity index (χ2n) is 18.2. The van der Waals surface area contributed by atoms with Crippen molar-refractivity contribution in [1.82, 2.24) is 0 Å². The highest BCUT2D eigenvalue weighted by molar-refractivity contribution is 5.70. The zero-order chi connectivity index (χ0) is 42.1. The number of hydrogen-bond donors (Lipinski definition) is 0. The fourth-order valence-corrected chi connectivity index (χ4v) is 8.16. The first-order valence-electron chi connectivity index (χ1n) is 26.6. The first-order chi connectivity index (χ1) is 28.6. The molecule has 0 amide bonds. The maximum atomic E-state index is 12.8. The van der Waals surface area contributed by atoms with Gasteiger partial charge in [-0.15, -0.1) is 0 Å². The van der Waals surface area contributed by atoms with Gasteiger partial charge in [-0.1, -0.05) is 271 Å². The highest BCUT2D eigenvalue weighted by Gasteiger charge is 2.17. The third-order valence-corrected chi connectivity index (χ3v) is 12.1.